The van der Waals surface area contributed by atoms with Crippen molar-refractivity contribution in [1.82, 2.24) is 9.78 Å². The molecule has 0 atom stereocenters. The molecule has 6 nitrogen and oxygen atoms in total. The summed E-state index contributed by atoms with van der Waals surface area (Å²) in [6.07, 6.45) is 1.88. The summed E-state index contributed by atoms with van der Waals surface area (Å²) >= 11 is 0. The normalized spacial score (nSPS) is 10.7. The van der Waals surface area contributed by atoms with Gasteiger partial charge >= 0.3 is 0 Å². The van der Waals surface area contributed by atoms with E-state index in [0.717, 1.165) is 12.1 Å². The van der Waals surface area contributed by atoms with Gasteiger partial charge in [0, 0.05) is 25.1 Å². The minimum absolute atomic E-state index is 0.0515. The SMILES string of the molecule is O=C(CCCn1nc(-c2ccco2)ccc1=O)Nc1ccc(F)cc1F. The molecule has 8 heteroatoms. The highest BCUT2D eigenvalue weighted by molar-refractivity contribution is 5.90. The fourth-order valence-corrected chi connectivity index (χ4v) is 2.36. The summed E-state index contributed by atoms with van der Waals surface area (Å²) in [5, 5.41) is 6.57. The Kier molecular flexibility index (Phi) is 5.21. The Morgan fingerprint density at radius 3 is 2.77 bits per heavy atom. The first kappa shape index (κ1) is 17.5. The number of carbonyl (C=O) groups is 1. The maximum absolute atomic E-state index is 13.5. The summed E-state index contributed by atoms with van der Waals surface area (Å²) in [5.74, 6) is -1.47. The first-order chi connectivity index (χ1) is 12.5. The highest BCUT2D eigenvalue weighted by atomic mass is 19.1. The van der Waals surface area contributed by atoms with E-state index in [9.17, 15) is 18.4 Å². The number of rotatable bonds is 6. The van der Waals surface area contributed by atoms with Crippen LogP contribution >= 0.6 is 0 Å². The molecule has 0 aliphatic heterocycles. The quantitative estimate of drug-likeness (QED) is 0.733. The molecule has 0 saturated heterocycles. The topological polar surface area (TPSA) is 77.1 Å². The number of nitrogens with one attached hydrogen (secondary N) is 1. The average molecular weight is 359 g/mol. The van der Waals surface area contributed by atoms with Gasteiger partial charge in [0.2, 0.25) is 5.91 Å². The zero-order valence-corrected chi connectivity index (χ0v) is 13.6. The van der Waals surface area contributed by atoms with Gasteiger partial charge in [0.25, 0.3) is 5.56 Å². The number of halogens is 2. The standard InChI is InChI=1S/C18H15F2N3O3/c19-12-5-6-14(13(20)11-12)21-17(24)4-1-9-23-18(25)8-7-15(22-23)16-3-2-10-26-16/h2-3,5-8,10-11H,1,4,9H2,(H,21,24). The van der Waals surface area contributed by atoms with Crippen molar-refractivity contribution in [1.29, 1.82) is 0 Å². The van der Waals surface area contributed by atoms with Gasteiger partial charge in [0.05, 0.1) is 12.0 Å². The van der Waals surface area contributed by atoms with Gasteiger partial charge in [-0.1, -0.05) is 0 Å². The number of aryl methyl sites for hydroxylation is 1. The van der Waals surface area contributed by atoms with Gasteiger partial charge < -0.3 is 9.73 Å². The molecule has 1 amide bonds. The van der Waals surface area contributed by atoms with E-state index in [1.165, 1.54) is 17.0 Å². The lowest BCUT2D eigenvalue weighted by Crippen LogP contribution is -2.23. The average Bonchev–Trinajstić information content (AvgIpc) is 3.14. The number of carbonyl (C=O) groups excluding carboxylic acids is 1. The molecular weight excluding hydrogens is 344 g/mol. The Hall–Kier alpha value is -3.29. The molecule has 0 spiro atoms. The van der Waals surface area contributed by atoms with Crippen molar-refractivity contribution in [2.45, 2.75) is 19.4 Å². The van der Waals surface area contributed by atoms with Crippen LogP contribution in [0.1, 0.15) is 12.8 Å². The third kappa shape index (κ3) is 4.21. The summed E-state index contributed by atoms with van der Waals surface area (Å²) in [7, 11) is 0. The number of nitrogens with zero attached hydrogens (tertiary/aromatic N) is 2. The molecule has 3 aromatic rings. The van der Waals surface area contributed by atoms with Crippen LogP contribution in [0.3, 0.4) is 0 Å². The zero-order chi connectivity index (χ0) is 18.5. The van der Waals surface area contributed by atoms with Gasteiger partial charge in [-0.2, -0.15) is 5.10 Å². The van der Waals surface area contributed by atoms with Gasteiger partial charge in [0.15, 0.2) is 5.76 Å². The van der Waals surface area contributed by atoms with Crippen LogP contribution in [0.25, 0.3) is 11.5 Å². The molecule has 1 aromatic carbocycles. The van der Waals surface area contributed by atoms with Gasteiger partial charge in [-0.3, -0.25) is 9.59 Å². The van der Waals surface area contributed by atoms with Crippen molar-refractivity contribution < 1.29 is 18.0 Å². The van der Waals surface area contributed by atoms with Crippen LogP contribution in [0.4, 0.5) is 14.5 Å². The van der Waals surface area contributed by atoms with Crippen molar-refractivity contribution in [3.63, 3.8) is 0 Å². The molecule has 0 saturated carbocycles. The van der Waals surface area contributed by atoms with Crippen molar-refractivity contribution in [2.75, 3.05) is 5.32 Å². The van der Waals surface area contributed by atoms with Crippen LogP contribution in [-0.2, 0) is 11.3 Å². The van der Waals surface area contributed by atoms with Crippen LogP contribution < -0.4 is 10.9 Å². The number of hydrogen-bond acceptors (Lipinski definition) is 4. The van der Waals surface area contributed by atoms with E-state index < -0.39 is 17.5 Å². The predicted octanol–water partition coefficient (Wildman–Crippen LogP) is 3.20. The molecule has 0 aliphatic carbocycles. The number of furan rings is 1. The van der Waals surface area contributed by atoms with E-state index in [2.05, 4.69) is 10.4 Å². The Morgan fingerprint density at radius 1 is 1.19 bits per heavy atom. The highest BCUT2D eigenvalue weighted by Gasteiger charge is 2.09. The maximum atomic E-state index is 13.5. The van der Waals surface area contributed by atoms with E-state index >= 15 is 0 Å². The smallest absolute Gasteiger partial charge is 0.266 e. The Labute approximate surface area is 147 Å². The molecule has 0 unspecified atom stereocenters. The minimum Gasteiger partial charge on any atom is -0.463 e. The molecule has 0 radical (unpaired) electrons. The molecule has 2 aromatic heterocycles. The Morgan fingerprint density at radius 2 is 2.04 bits per heavy atom. The number of benzene rings is 1. The van der Waals surface area contributed by atoms with E-state index in [-0.39, 0.29) is 24.2 Å². The predicted molar refractivity (Wildman–Crippen MR) is 90.4 cm³/mol. The van der Waals surface area contributed by atoms with Crippen LogP contribution in [0.2, 0.25) is 0 Å². The second-order valence-electron chi connectivity index (χ2n) is 5.53. The van der Waals surface area contributed by atoms with Crippen LogP contribution in [-0.4, -0.2) is 15.7 Å². The third-order valence-electron chi connectivity index (χ3n) is 3.62. The van der Waals surface area contributed by atoms with Crippen LogP contribution in [0.5, 0.6) is 0 Å². The summed E-state index contributed by atoms with van der Waals surface area (Å²) in [6.45, 7) is 0.215. The monoisotopic (exact) mass is 359 g/mol. The van der Waals surface area contributed by atoms with Gasteiger partial charge in [-0.15, -0.1) is 0 Å². The van der Waals surface area contributed by atoms with Gasteiger partial charge in [0.1, 0.15) is 17.3 Å². The van der Waals surface area contributed by atoms with Crippen LogP contribution in [0.15, 0.2) is 57.9 Å². The lowest BCUT2D eigenvalue weighted by atomic mass is 10.2. The molecule has 26 heavy (non-hydrogen) atoms. The first-order valence-corrected chi connectivity index (χ1v) is 7.90. The lowest BCUT2D eigenvalue weighted by molar-refractivity contribution is -0.116. The van der Waals surface area contributed by atoms with E-state index in [1.807, 2.05) is 0 Å². The summed E-state index contributed by atoms with van der Waals surface area (Å²) in [4.78, 5) is 23.8. The highest BCUT2D eigenvalue weighted by Crippen LogP contribution is 2.16. The van der Waals surface area contributed by atoms with Crippen molar-refractivity contribution >= 4 is 11.6 Å². The third-order valence-corrected chi connectivity index (χ3v) is 3.62. The molecule has 1 N–H and O–H groups in total. The second-order valence-corrected chi connectivity index (χ2v) is 5.53. The summed E-state index contributed by atoms with van der Waals surface area (Å²) in [6, 6.07) is 9.27. The second kappa shape index (κ2) is 7.73. The van der Waals surface area contributed by atoms with E-state index in [0.29, 0.717) is 23.9 Å². The number of amides is 1. The van der Waals surface area contributed by atoms with Gasteiger partial charge in [-0.25, -0.2) is 13.5 Å². The zero-order valence-electron chi connectivity index (χ0n) is 13.6. The number of anilines is 1. The van der Waals surface area contributed by atoms with Gasteiger partial charge in [-0.05, 0) is 36.8 Å². The van der Waals surface area contributed by atoms with E-state index in [4.69, 9.17) is 4.42 Å². The van der Waals surface area contributed by atoms with Crippen LogP contribution in [0, 0.1) is 11.6 Å². The molecule has 3 rings (SSSR count). The molecular formula is C18H15F2N3O3. The van der Waals surface area contributed by atoms with Crippen molar-refractivity contribution in [3.05, 3.63) is 70.7 Å². The molecule has 2 heterocycles. The maximum Gasteiger partial charge on any atom is 0.266 e. The summed E-state index contributed by atoms with van der Waals surface area (Å²) in [5.41, 5.74) is 0.115. The molecule has 0 bridgehead atoms. The lowest BCUT2D eigenvalue weighted by Gasteiger charge is -2.08. The fraction of sp³-hybridized carbons (Fsp3) is 0.167. The Balaban J connectivity index is 1.58. The van der Waals surface area contributed by atoms with E-state index in [1.54, 1.807) is 18.2 Å². The summed E-state index contributed by atoms with van der Waals surface area (Å²) < 4.78 is 32.8. The fourth-order valence-electron chi connectivity index (χ4n) is 2.36. The minimum atomic E-state index is -0.845. The largest absolute Gasteiger partial charge is 0.463 e. The first-order valence-electron chi connectivity index (χ1n) is 7.90. The number of aromatic nitrogens is 2. The number of hydrogen-bond donors (Lipinski definition) is 1. The molecule has 0 fully saturated rings. The molecule has 0 aliphatic rings. The van der Waals surface area contributed by atoms with Crippen molar-refractivity contribution in [3.8, 4) is 11.5 Å². The molecule has 134 valence electrons. The van der Waals surface area contributed by atoms with Crippen molar-refractivity contribution in [2.24, 2.45) is 0 Å². The Bertz CT molecular complexity index is 968.